The van der Waals surface area contributed by atoms with Crippen molar-refractivity contribution in [2.24, 2.45) is 0 Å². The molecule has 0 spiro atoms. The van der Waals surface area contributed by atoms with E-state index < -0.39 is 9.84 Å². The number of amides is 1. The van der Waals surface area contributed by atoms with E-state index in [9.17, 15) is 13.2 Å². The third-order valence-corrected chi connectivity index (χ3v) is 7.63. The van der Waals surface area contributed by atoms with Crippen LogP contribution in [0.2, 0.25) is 5.02 Å². The number of thioether (sulfide) groups is 1. The van der Waals surface area contributed by atoms with Gasteiger partial charge >= 0.3 is 0 Å². The van der Waals surface area contributed by atoms with Gasteiger partial charge in [-0.3, -0.25) is 9.36 Å². The van der Waals surface area contributed by atoms with Crippen molar-refractivity contribution in [3.63, 3.8) is 0 Å². The fourth-order valence-corrected chi connectivity index (χ4v) is 5.77. The smallest absolute Gasteiger partial charge is 0.230 e. The molecular formula is C19H19ClN4O4S2. The monoisotopic (exact) mass is 466 g/mol. The number of sulfone groups is 1. The zero-order chi connectivity index (χ0) is 21.1. The molecule has 1 aliphatic heterocycles. The lowest BCUT2D eigenvalue weighted by Gasteiger charge is -2.11. The number of rotatable bonds is 7. The first-order valence-electron chi connectivity index (χ1n) is 9.24. The zero-order valence-electron chi connectivity index (χ0n) is 15.8. The van der Waals surface area contributed by atoms with Crippen molar-refractivity contribution in [1.82, 2.24) is 20.1 Å². The van der Waals surface area contributed by atoms with Gasteiger partial charge in [0.15, 0.2) is 20.8 Å². The highest BCUT2D eigenvalue weighted by Gasteiger charge is 2.29. The van der Waals surface area contributed by atoms with Crippen molar-refractivity contribution in [3.8, 4) is 11.4 Å². The first-order chi connectivity index (χ1) is 14.4. The van der Waals surface area contributed by atoms with Gasteiger partial charge < -0.3 is 9.73 Å². The number of benzene rings is 1. The first kappa shape index (κ1) is 21.0. The minimum atomic E-state index is -3.04. The van der Waals surface area contributed by atoms with Crippen LogP contribution in [0.4, 0.5) is 0 Å². The quantitative estimate of drug-likeness (QED) is 0.533. The number of hydrogen-bond acceptors (Lipinski definition) is 7. The molecule has 1 amide bonds. The van der Waals surface area contributed by atoms with E-state index in [1.165, 1.54) is 11.8 Å². The second-order valence-corrected chi connectivity index (χ2v) is 10.5. The summed E-state index contributed by atoms with van der Waals surface area (Å²) in [6, 6.07) is 10.6. The molecule has 3 aromatic rings. The SMILES string of the molecule is O=C(CSc1nnc(-c2ccc(Cl)cc2)n1Cc1ccco1)N[C@H]1CCS(=O)(=O)C1. The Bertz CT molecular complexity index is 1130. The molecule has 3 heterocycles. The van der Waals surface area contributed by atoms with Gasteiger partial charge in [-0.2, -0.15) is 0 Å². The normalized spacial score (nSPS) is 17.8. The molecule has 0 bridgehead atoms. The fourth-order valence-electron chi connectivity index (χ4n) is 3.22. The van der Waals surface area contributed by atoms with Crippen LogP contribution >= 0.6 is 23.4 Å². The molecule has 1 aliphatic rings. The Labute approximate surface area is 182 Å². The third-order valence-electron chi connectivity index (χ3n) is 4.64. The lowest BCUT2D eigenvalue weighted by molar-refractivity contribution is -0.119. The average molecular weight is 467 g/mol. The van der Waals surface area contributed by atoms with Gasteiger partial charge in [-0.1, -0.05) is 23.4 Å². The number of carbonyl (C=O) groups excluding carboxylic acids is 1. The molecule has 1 fully saturated rings. The summed E-state index contributed by atoms with van der Waals surface area (Å²) < 4.78 is 30.5. The maximum atomic E-state index is 12.3. The van der Waals surface area contributed by atoms with Crippen LogP contribution in [0.1, 0.15) is 12.2 Å². The lowest BCUT2D eigenvalue weighted by atomic mass is 10.2. The number of halogens is 1. The maximum Gasteiger partial charge on any atom is 0.230 e. The number of aromatic nitrogens is 3. The average Bonchev–Trinajstić information content (AvgIpc) is 3.42. The summed E-state index contributed by atoms with van der Waals surface area (Å²) in [5.41, 5.74) is 0.839. The van der Waals surface area contributed by atoms with Crippen molar-refractivity contribution >= 4 is 39.1 Å². The van der Waals surface area contributed by atoms with Crippen LogP contribution in [0.25, 0.3) is 11.4 Å². The van der Waals surface area contributed by atoms with Gasteiger partial charge in [-0.15, -0.1) is 10.2 Å². The number of carbonyl (C=O) groups is 1. The number of nitrogens with zero attached hydrogens (tertiary/aromatic N) is 3. The molecule has 4 rings (SSSR count). The highest BCUT2D eigenvalue weighted by molar-refractivity contribution is 7.99. The molecule has 11 heteroatoms. The molecule has 30 heavy (non-hydrogen) atoms. The van der Waals surface area contributed by atoms with E-state index in [4.69, 9.17) is 16.0 Å². The molecule has 0 aliphatic carbocycles. The van der Waals surface area contributed by atoms with Gasteiger partial charge in [-0.25, -0.2) is 8.42 Å². The predicted octanol–water partition coefficient (Wildman–Crippen LogP) is 2.64. The molecule has 0 saturated carbocycles. The molecule has 1 atom stereocenters. The molecule has 8 nitrogen and oxygen atoms in total. The largest absolute Gasteiger partial charge is 0.467 e. The van der Waals surface area contributed by atoms with Crippen molar-refractivity contribution in [1.29, 1.82) is 0 Å². The summed E-state index contributed by atoms with van der Waals surface area (Å²) in [5.74, 6) is 1.35. The van der Waals surface area contributed by atoms with Gasteiger partial charge in [0.1, 0.15) is 5.76 Å². The van der Waals surface area contributed by atoms with Crippen LogP contribution in [0.3, 0.4) is 0 Å². The highest BCUT2D eigenvalue weighted by atomic mass is 35.5. The van der Waals surface area contributed by atoms with Crippen LogP contribution in [0.5, 0.6) is 0 Å². The Morgan fingerprint density at radius 2 is 2.07 bits per heavy atom. The Morgan fingerprint density at radius 1 is 1.27 bits per heavy atom. The Balaban J connectivity index is 1.49. The Morgan fingerprint density at radius 3 is 2.73 bits per heavy atom. The summed E-state index contributed by atoms with van der Waals surface area (Å²) in [7, 11) is -3.04. The van der Waals surface area contributed by atoms with Crippen molar-refractivity contribution < 1.29 is 17.6 Å². The van der Waals surface area contributed by atoms with Crippen molar-refractivity contribution in [2.45, 2.75) is 24.2 Å². The van der Waals surface area contributed by atoms with Crippen LogP contribution in [0, 0.1) is 0 Å². The van der Waals surface area contributed by atoms with Gasteiger partial charge in [0.25, 0.3) is 0 Å². The summed E-state index contributed by atoms with van der Waals surface area (Å²) in [6.07, 6.45) is 2.05. The summed E-state index contributed by atoms with van der Waals surface area (Å²) >= 11 is 7.23. The van der Waals surface area contributed by atoms with E-state index in [-0.39, 0.29) is 29.2 Å². The van der Waals surface area contributed by atoms with Crippen molar-refractivity contribution in [2.75, 3.05) is 17.3 Å². The second kappa shape index (κ2) is 8.83. The van der Waals surface area contributed by atoms with E-state index in [0.29, 0.717) is 29.0 Å². The maximum absolute atomic E-state index is 12.3. The molecule has 1 saturated heterocycles. The predicted molar refractivity (Wildman–Crippen MR) is 114 cm³/mol. The molecule has 0 unspecified atom stereocenters. The number of furan rings is 1. The van der Waals surface area contributed by atoms with Gasteiger partial charge in [0.05, 0.1) is 30.1 Å². The molecule has 2 aromatic heterocycles. The van der Waals surface area contributed by atoms with E-state index in [0.717, 1.165) is 11.3 Å². The van der Waals surface area contributed by atoms with Crippen LogP contribution in [-0.4, -0.2) is 52.4 Å². The number of nitrogens with one attached hydrogen (secondary N) is 1. The zero-order valence-corrected chi connectivity index (χ0v) is 18.2. The summed E-state index contributed by atoms with van der Waals surface area (Å²) in [5, 5.41) is 12.5. The third kappa shape index (κ3) is 5.05. The van der Waals surface area contributed by atoms with Gasteiger partial charge in [0.2, 0.25) is 5.91 Å². The van der Waals surface area contributed by atoms with Crippen LogP contribution in [-0.2, 0) is 21.2 Å². The van der Waals surface area contributed by atoms with E-state index in [2.05, 4.69) is 15.5 Å². The van der Waals surface area contributed by atoms with E-state index >= 15 is 0 Å². The summed E-state index contributed by atoms with van der Waals surface area (Å²) in [6.45, 7) is 0.406. The van der Waals surface area contributed by atoms with E-state index in [1.54, 1.807) is 24.5 Å². The fraction of sp³-hybridized carbons (Fsp3) is 0.316. The molecule has 0 radical (unpaired) electrons. The van der Waals surface area contributed by atoms with Crippen LogP contribution in [0.15, 0.2) is 52.2 Å². The minimum Gasteiger partial charge on any atom is -0.467 e. The lowest BCUT2D eigenvalue weighted by Crippen LogP contribution is -2.36. The molecule has 1 aromatic carbocycles. The standard InChI is InChI=1S/C19H19ClN4O4S2/c20-14-5-3-13(4-6-14)18-22-23-19(24(18)10-16-2-1-8-28-16)29-11-17(25)21-15-7-9-30(26,27)12-15/h1-6,8,15H,7,9-12H2,(H,21,25)/t15-/m0/s1. The Hall–Kier alpha value is -2.30. The minimum absolute atomic E-state index is 0.00119. The highest BCUT2D eigenvalue weighted by Crippen LogP contribution is 2.26. The molecule has 158 valence electrons. The van der Waals surface area contributed by atoms with Gasteiger partial charge in [-0.05, 0) is 42.8 Å². The summed E-state index contributed by atoms with van der Waals surface area (Å²) in [4.78, 5) is 12.3. The molecular weight excluding hydrogens is 448 g/mol. The second-order valence-electron chi connectivity index (χ2n) is 6.93. The van der Waals surface area contributed by atoms with Crippen molar-refractivity contribution in [3.05, 3.63) is 53.4 Å². The number of hydrogen-bond donors (Lipinski definition) is 1. The first-order valence-corrected chi connectivity index (χ1v) is 12.4. The van der Waals surface area contributed by atoms with Crippen LogP contribution < -0.4 is 5.32 Å². The molecule has 1 N–H and O–H groups in total. The Kier molecular flexibility index (Phi) is 6.16. The van der Waals surface area contributed by atoms with Gasteiger partial charge in [0, 0.05) is 16.6 Å². The van der Waals surface area contributed by atoms with E-state index in [1.807, 2.05) is 22.8 Å². The topological polar surface area (TPSA) is 107 Å².